The van der Waals surface area contributed by atoms with Gasteiger partial charge in [0.2, 0.25) is 0 Å². The molecular weight excluding hydrogens is 164 g/mol. The smallest absolute Gasteiger partial charge is 0.351 e. The molecule has 1 unspecified atom stereocenters. The Balaban J connectivity index is 2.84. The van der Waals surface area contributed by atoms with Crippen molar-refractivity contribution < 1.29 is 9.59 Å². The maximum atomic E-state index is 11.0. The molecule has 1 fully saturated rings. The van der Waals surface area contributed by atoms with Gasteiger partial charge < -0.3 is 5.73 Å². The molecule has 0 spiro atoms. The van der Waals surface area contributed by atoms with Crippen molar-refractivity contribution in [3.63, 3.8) is 0 Å². The third-order valence-corrected chi connectivity index (χ3v) is 1.64. The second kappa shape index (κ2) is 2.76. The first-order valence-corrected chi connectivity index (χ1v) is 3.31. The summed E-state index contributed by atoms with van der Waals surface area (Å²) in [6.07, 6.45) is 0. The van der Waals surface area contributed by atoms with Gasteiger partial charge in [-0.05, 0) is 6.92 Å². The van der Waals surface area contributed by atoms with E-state index in [0.717, 1.165) is 4.90 Å². The SMILES string of the molecule is CC1CN(N=O)C(=O)N1C(N)=O. The number of nitrogens with zero attached hydrogens (tertiary/aromatic N) is 3. The number of imide groups is 1. The molecule has 0 bridgehead atoms. The van der Waals surface area contributed by atoms with Crippen LogP contribution in [0.15, 0.2) is 5.29 Å². The van der Waals surface area contributed by atoms with Crippen LogP contribution in [0.2, 0.25) is 0 Å². The van der Waals surface area contributed by atoms with E-state index in [0.29, 0.717) is 5.01 Å². The minimum absolute atomic E-state index is 0.102. The molecule has 7 heteroatoms. The highest BCUT2D eigenvalue weighted by Crippen LogP contribution is 2.14. The van der Waals surface area contributed by atoms with Crippen LogP contribution in [0, 0.1) is 4.91 Å². The van der Waals surface area contributed by atoms with Crippen LogP contribution in [0.3, 0.4) is 0 Å². The quantitative estimate of drug-likeness (QED) is 0.558. The number of urea groups is 2. The fraction of sp³-hybridized carbons (Fsp3) is 0.600. The first kappa shape index (κ1) is 8.44. The minimum atomic E-state index is -0.862. The van der Waals surface area contributed by atoms with Gasteiger partial charge in [0.1, 0.15) is 0 Å². The second-order valence-electron chi connectivity index (χ2n) is 2.50. The maximum absolute atomic E-state index is 11.0. The number of carbonyl (C=O) groups excluding carboxylic acids is 2. The van der Waals surface area contributed by atoms with Crippen LogP contribution in [0.5, 0.6) is 0 Å². The Hall–Kier alpha value is -1.66. The van der Waals surface area contributed by atoms with E-state index in [-0.39, 0.29) is 6.54 Å². The van der Waals surface area contributed by atoms with Crippen molar-refractivity contribution >= 4 is 12.1 Å². The van der Waals surface area contributed by atoms with Crippen LogP contribution in [-0.4, -0.2) is 34.6 Å². The Kier molecular flexibility index (Phi) is 1.94. The number of primary amides is 1. The fourth-order valence-corrected chi connectivity index (χ4v) is 1.10. The number of nitroso groups, excluding NO2 is 1. The Bertz CT molecular complexity index is 241. The van der Waals surface area contributed by atoms with Crippen molar-refractivity contribution in [3.8, 4) is 0 Å². The van der Waals surface area contributed by atoms with Gasteiger partial charge in [-0.1, -0.05) is 0 Å². The van der Waals surface area contributed by atoms with Crippen LogP contribution >= 0.6 is 0 Å². The van der Waals surface area contributed by atoms with Crippen LogP contribution in [0.1, 0.15) is 6.92 Å². The summed E-state index contributed by atoms with van der Waals surface area (Å²) in [5.41, 5.74) is 4.89. The lowest BCUT2D eigenvalue weighted by molar-refractivity contribution is 0.185. The summed E-state index contributed by atoms with van der Waals surface area (Å²) in [4.78, 5) is 32.5. The third kappa shape index (κ3) is 1.09. The summed E-state index contributed by atoms with van der Waals surface area (Å²) in [5, 5.41) is 3.10. The molecule has 2 N–H and O–H groups in total. The van der Waals surface area contributed by atoms with Gasteiger partial charge in [-0.15, -0.1) is 4.91 Å². The van der Waals surface area contributed by atoms with Crippen LogP contribution in [0.4, 0.5) is 9.59 Å². The molecule has 66 valence electrons. The number of hydrogen-bond acceptors (Lipinski definition) is 4. The van der Waals surface area contributed by atoms with E-state index >= 15 is 0 Å². The summed E-state index contributed by atoms with van der Waals surface area (Å²) in [7, 11) is 0. The normalized spacial score (nSPS) is 23.1. The van der Waals surface area contributed by atoms with E-state index in [1.165, 1.54) is 0 Å². The highest BCUT2D eigenvalue weighted by atomic mass is 16.3. The van der Waals surface area contributed by atoms with Crippen LogP contribution in [0.25, 0.3) is 0 Å². The average Bonchev–Trinajstić information content (AvgIpc) is 2.25. The largest absolute Gasteiger partial charge is 0.351 e. The van der Waals surface area contributed by atoms with Crippen molar-refractivity contribution in [1.82, 2.24) is 9.91 Å². The Morgan fingerprint density at radius 1 is 1.75 bits per heavy atom. The first-order valence-electron chi connectivity index (χ1n) is 3.31. The van der Waals surface area contributed by atoms with E-state index in [4.69, 9.17) is 5.73 Å². The molecule has 1 heterocycles. The molecule has 1 rings (SSSR count). The van der Waals surface area contributed by atoms with Crippen molar-refractivity contribution in [2.24, 2.45) is 11.0 Å². The predicted molar refractivity (Wildman–Crippen MR) is 38.8 cm³/mol. The molecule has 0 radical (unpaired) electrons. The summed E-state index contributed by atoms with van der Waals surface area (Å²) in [6.45, 7) is 1.71. The van der Waals surface area contributed by atoms with Crippen molar-refractivity contribution in [2.45, 2.75) is 13.0 Å². The summed E-state index contributed by atoms with van der Waals surface area (Å²) < 4.78 is 0. The summed E-state index contributed by atoms with van der Waals surface area (Å²) >= 11 is 0. The zero-order valence-electron chi connectivity index (χ0n) is 6.43. The molecule has 0 aromatic rings. The van der Waals surface area contributed by atoms with Crippen LogP contribution < -0.4 is 5.73 Å². The number of hydrogen-bond donors (Lipinski definition) is 1. The van der Waals surface area contributed by atoms with Gasteiger partial charge in [0.05, 0.1) is 17.9 Å². The van der Waals surface area contributed by atoms with Crippen molar-refractivity contribution in [2.75, 3.05) is 6.54 Å². The number of amides is 4. The van der Waals surface area contributed by atoms with E-state index < -0.39 is 18.1 Å². The molecule has 1 aliphatic heterocycles. The molecule has 0 saturated carbocycles. The van der Waals surface area contributed by atoms with Crippen LogP contribution in [-0.2, 0) is 0 Å². The average molecular weight is 172 g/mol. The van der Waals surface area contributed by atoms with E-state index in [1.54, 1.807) is 6.92 Å². The highest BCUT2D eigenvalue weighted by Gasteiger charge is 2.38. The molecule has 0 aromatic carbocycles. The number of nitrogens with two attached hydrogens (primary N) is 1. The van der Waals surface area contributed by atoms with Gasteiger partial charge in [0.25, 0.3) is 0 Å². The lowest BCUT2D eigenvalue weighted by atomic mass is 10.3. The number of carbonyl (C=O) groups is 2. The topological polar surface area (TPSA) is 96.1 Å². The van der Waals surface area contributed by atoms with E-state index in [1.807, 2.05) is 0 Å². The Morgan fingerprint density at radius 2 is 2.33 bits per heavy atom. The van der Waals surface area contributed by atoms with Gasteiger partial charge in [-0.25, -0.2) is 14.5 Å². The van der Waals surface area contributed by atoms with Crippen molar-refractivity contribution in [1.29, 1.82) is 0 Å². The summed E-state index contributed by atoms with van der Waals surface area (Å²) in [6, 6.07) is -2.02. The van der Waals surface area contributed by atoms with Gasteiger partial charge >= 0.3 is 12.1 Å². The molecule has 1 aliphatic rings. The molecule has 4 amide bonds. The third-order valence-electron chi connectivity index (χ3n) is 1.64. The molecular formula is C5H8N4O3. The molecule has 0 aliphatic carbocycles. The molecule has 1 saturated heterocycles. The minimum Gasteiger partial charge on any atom is -0.351 e. The standard InChI is InChI=1S/C5H8N4O3/c1-3-2-8(7-12)5(11)9(3)4(6)10/h3H,2H2,1H3,(H2,6,10). The zero-order chi connectivity index (χ0) is 9.30. The maximum Gasteiger partial charge on any atom is 0.351 e. The fourth-order valence-electron chi connectivity index (χ4n) is 1.10. The van der Waals surface area contributed by atoms with E-state index in [2.05, 4.69) is 5.29 Å². The Labute approximate surface area is 68.0 Å². The molecule has 1 atom stereocenters. The highest BCUT2D eigenvalue weighted by molar-refractivity contribution is 5.94. The van der Waals surface area contributed by atoms with Crippen molar-refractivity contribution in [3.05, 3.63) is 4.91 Å². The lowest BCUT2D eigenvalue weighted by Crippen LogP contribution is -2.41. The van der Waals surface area contributed by atoms with Gasteiger partial charge in [-0.3, -0.25) is 0 Å². The monoisotopic (exact) mass is 172 g/mol. The summed E-state index contributed by atoms with van der Waals surface area (Å²) in [5.74, 6) is 0. The Morgan fingerprint density at radius 3 is 2.58 bits per heavy atom. The molecule has 0 aromatic heterocycles. The number of rotatable bonds is 1. The molecule has 12 heavy (non-hydrogen) atoms. The second-order valence-corrected chi connectivity index (χ2v) is 2.50. The van der Waals surface area contributed by atoms with Gasteiger partial charge in [0, 0.05) is 0 Å². The zero-order valence-corrected chi connectivity index (χ0v) is 6.43. The van der Waals surface area contributed by atoms with Gasteiger partial charge in [0.15, 0.2) is 0 Å². The first-order chi connectivity index (χ1) is 5.57. The lowest BCUT2D eigenvalue weighted by Gasteiger charge is -2.13. The molecule has 7 nitrogen and oxygen atoms in total. The van der Waals surface area contributed by atoms with E-state index in [9.17, 15) is 14.5 Å². The van der Waals surface area contributed by atoms with Gasteiger partial charge in [-0.2, -0.15) is 5.01 Å². The predicted octanol–water partition coefficient (Wildman–Crippen LogP) is -0.127.